The lowest BCUT2D eigenvalue weighted by molar-refractivity contribution is -0.259. The molecule has 4 saturated carbocycles. The van der Waals surface area contributed by atoms with E-state index in [2.05, 4.69) is 6.92 Å². The summed E-state index contributed by atoms with van der Waals surface area (Å²) in [4.78, 5) is 24.1. The van der Waals surface area contributed by atoms with Crippen LogP contribution in [0.25, 0.3) is 0 Å². The number of fused-ring (bicyclic) bond motifs is 5. The Morgan fingerprint density at radius 1 is 1.03 bits per heavy atom. The Morgan fingerprint density at radius 3 is 2.45 bits per heavy atom. The first kappa shape index (κ1) is 21.2. The van der Waals surface area contributed by atoms with Crippen LogP contribution < -0.4 is 5.63 Å². The highest BCUT2D eigenvalue weighted by Crippen LogP contribution is 2.71. The van der Waals surface area contributed by atoms with Gasteiger partial charge in [0.15, 0.2) is 0 Å². The Morgan fingerprint density at radius 2 is 1.77 bits per heavy atom. The summed E-state index contributed by atoms with van der Waals surface area (Å²) in [5.74, 6) is -1.53. The second-order valence-corrected chi connectivity index (χ2v) is 10.8. The largest absolute Gasteiger partial charge is 0.481 e. The molecule has 31 heavy (non-hydrogen) atoms. The van der Waals surface area contributed by atoms with E-state index >= 15 is 0 Å². The van der Waals surface area contributed by atoms with Crippen molar-refractivity contribution in [2.24, 2.45) is 22.7 Å². The van der Waals surface area contributed by atoms with Gasteiger partial charge in [0, 0.05) is 17.9 Å². The van der Waals surface area contributed by atoms with Crippen molar-refractivity contribution in [2.45, 2.75) is 87.9 Å². The van der Waals surface area contributed by atoms with E-state index in [1.807, 2.05) is 0 Å². The van der Waals surface area contributed by atoms with E-state index in [0.29, 0.717) is 32.1 Å². The first-order valence-electron chi connectivity index (χ1n) is 11.5. The summed E-state index contributed by atoms with van der Waals surface area (Å²) in [7, 11) is 0. The summed E-state index contributed by atoms with van der Waals surface area (Å²) in [6.07, 6.45) is 4.88. The van der Waals surface area contributed by atoms with Crippen LogP contribution in [0.1, 0.15) is 76.2 Å². The van der Waals surface area contributed by atoms with Crippen LogP contribution in [0.2, 0.25) is 0 Å². The molecule has 0 bridgehead atoms. The number of hydrogen-bond acceptors (Lipinski definition) is 6. The number of aliphatic hydroxyl groups is 3. The van der Waals surface area contributed by atoms with Crippen LogP contribution in [-0.4, -0.2) is 43.7 Å². The molecule has 0 unspecified atom stereocenters. The minimum atomic E-state index is -1.44. The van der Waals surface area contributed by atoms with Crippen LogP contribution >= 0.6 is 0 Å². The monoisotopic (exact) mass is 432 g/mol. The molecule has 5 rings (SSSR count). The van der Waals surface area contributed by atoms with E-state index in [4.69, 9.17) is 4.42 Å². The molecule has 1 aromatic rings. The molecule has 4 N–H and O–H groups in total. The third kappa shape index (κ3) is 2.57. The Bertz CT molecular complexity index is 937. The minimum absolute atomic E-state index is 0.0255. The van der Waals surface area contributed by atoms with Crippen LogP contribution in [0.3, 0.4) is 0 Å². The van der Waals surface area contributed by atoms with Crippen molar-refractivity contribution in [3.05, 3.63) is 34.4 Å². The van der Waals surface area contributed by atoms with Gasteiger partial charge in [-0.1, -0.05) is 6.92 Å². The number of aliphatic carboxylic acids is 1. The third-order valence-electron chi connectivity index (χ3n) is 9.93. The molecule has 0 amide bonds. The first-order valence-corrected chi connectivity index (χ1v) is 11.5. The topological polar surface area (TPSA) is 128 Å². The van der Waals surface area contributed by atoms with Crippen LogP contribution in [-0.2, 0) is 4.79 Å². The highest BCUT2D eigenvalue weighted by molar-refractivity contribution is 5.77. The quantitative estimate of drug-likeness (QED) is 0.565. The average Bonchev–Trinajstić information content (AvgIpc) is 2.99. The number of carboxylic acid groups (broad SMARTS) is 1. The maximum Gasteiger partial charge on any atom is 0.335 e. The van der Waals surface area contributed by atoms with Gasteiger partial charge in [-0.3, -0.25) is 4.79 Å². The molecule has 7 heteroatoms. The fourth-order valence-electron chi connectivity index (χ4n) is 8.41. The zero-order valence-electron chi connectivity index (χ0n) is 17.9. The van der Waals surface area contributed by atoms with Gasteiger partial charge < -0.3 is 24.8 Å². The molecule has 8 atom stereocenters. The standard InChI is InChI=1S/C24H32O7/c1-21-8-5-17-18(6-9-22(29)12-15(25)4-10-23(17,22)20(27)28)24(21,30)11-7-16(21)14-2-3-19(26)31-13-14/h2-3,13,15-18,25,29-30H,4-12H2,1H3,(H,27,28)/t15-,16+,17-,18+,21+,22-,23+,24-/m0/s1. The molecule has 170 valence electrons. The summed E-state index contributed by atoms with van der Waals surface area (Å²) in [5.41, 5.74) is -3.78. The molecule has 0 radical (unpaired) electrons. The molecule has 0 aliphatic heterocycles. The first-order chi connectivity index (χ1) is 14.6. The Hall–Kier alpha value is -1.70. The maximum absolute atomic E-state index is 12.7. The summed E-state index contributed by atoms with van der Waals surface area (Å²) in [6, 6.07) is 3.19. The minimum Gasteiger partial charge on any atom is -0.481 e. The Balaban J connectivity index is 1.55. The predicted octanol–water partition coefficient (Wildman–Crippen LogP) is 2.42. The van der Waals surface area contributed by atoms with E-state index < -0.39 is 39.7 Å². The lowest BCUT2D eigenvalue weighted by Gasteiger charge is -2.65. The molecule has 4 aliphatic rings. The SMILES string of the molecule is C[C@]12CC[C@H]3[C@@H](CC[C@]4(O)C[C@@H](O)CC[C@]34C(=O)O)[C@@]1(O)CC[C@@H]2c1ccc(=O)oc1. The molecule has 0 aromatic carbocycles. The highest BCUT2D eigenvalue weighted by atomic mass is 16.4. The van der Waals surface area contributed by atoms with Crippen molar-refractivity contribution in [3.63, 3.8) is 0 Å². The van der Waals surface area contributed by atoms with Crippen molar-refractivity contribution < 1.29 is 29.6 Å². The zero-order chi connectivity index (χ0) is 22.2. The fourth-order valence-corrected chi connectivity index (χ4v) is 8.41. The number of carbonyl (C=O) groups is 1. The van der Waals surface area contributed by atoms with Crippen LogP contribution in [0.15, 0.2) is 27.6 Å². The van der Waals surface area contributed by atoms with Gasteiger partial charge in [0.1, 0.15) is 0 Å². The normalized spacial score (nSPS) is 49.0. The fraction of sp³-hybridized carbons (Fsp3) is 0.750. The van der Waals surface area contributed by atoms with Crippen molar-refractivity contribution >= 4 is 5.97 Å². The van der Waals surface area contributed by atoms with Gasteiger partial charge in [-0.2, -0.15) is 0 Å². The molecule has 0 spiro atoms. The highest BCUT2D eigenvalue weighted by Gasteiger charge is 2.73. The molecule has 1 heterocycles. The van der Waals surface area contributed by atoms with Crippen molar-refractivity contribution in [1.82, 2.24) is 0 Å². The zero-order valence-corrected chi connectivity index (χ0v) is 17.9. The number of hydrogen-bond donors (Lipinski definition) is 4. The molecule has 4 fully saturated rings. The van der Waals surface area contributed by atoms with Gasteiger partial charge in [-0.25, -0.2) is 4.79 Å². The summed E-state index contributed by atoms with van der Waals surface area (Å²) < 4.78 is 5.10. The molecule has 0 saturated heterocycles. The van der Waals surface area contributed by atoms with Crippen LogP contribution in [0.5, 0.6) is 0 Å². The molecule has 4 aliphatic carbocycles. The van der Waals surface area contributed by atoms with Gasteiger partial charge in [0.05, 0.1) is 29.0 Å². The lowest BCUT2D eigenvalue weighted by atomic mass is 9.41. The van der Waals surface area contributed by atoms with Crippen molar-refractivity contribution in [2.75, 3.05) is 0 Å². The van der Waals surface area contributed by atoms with Gasteiger partial charge in [-0.15, -0.1) is 0 Å². The van der Waals surface area contributed by atoms with Crippen LogP contribution in [0.4, 0.5) is 0 Å². The molecule has 1 aromatic heterocycles. The third-order valence-corrected chi connectivity index (χ3v) is 9.93. The average molecular weight is 433 g/mol. The second-order valence-electron chi connectivity index (χ2n) is 10.8. The van der Waals surface area contributed by atoms with Crippen LogP contribution in [0, 0.1) is 22.7 Å². The summed E-state index contributed by atoms with van der Waals surface area (Å²) in [6.45, 7) is 2.09. The van der Waals surface area contributed by atoms with Crippen molar-refractivity contribution in [1.29, 1.82) is 0 Å². The molecular formula is C24H32O7. The van der Waals surface area contributed by atoms with Gasteiger partial charge in [-0.05, 0) is 80.8 Å². The second kappa shape index (κ2) is 6.65. The van der Waals surface area contributed by atoms with E-state index in [1.165, 1.54) is 12.3 Å². The Labute approximate surface area is 181 Å². The van der Waals surface area contributed by atoms with E-state index in [9.17, 15) is 30.0 Å². The lowest BCUT2D eigenvalue weighted by Crippen LogP contribution is -2.70. The summed E-state index contributed by atoms with van der Waals surface area (Å²) in [5, 5.41) is 44.2. The summed E-state index contributed by atoms with van der Waals surface area (Å²) >= 11 is 0. The number of aliphatic hydroxyl groups excluding tert-OH is 1. The molecule has 7 nitrogen and oxygen atoms in total. The van der Waals surface area contributed by atoms with Gasteiger partial charge >= 0.3 is 11.6 Å². The smallest absolute Gasteiger partial charge is 0.335 e. The molecular weight excluding hydrogens is 400 g/mol. The van der Waals surface area contributed by atoms with E-state index in [1.54, 1.807) is 6.07 Å². The predicted molar refractivity (Wildman–Crippen MR) is 110 cm³/mol. The number of carboxylic acids is 1. The maximum atomic E-state index is 12.7. The number of rotatable bonds is 2. The van der Waals surface area contributed by atoms with E-state index in [0.717, 1.165) is 12.0 Å². The van der Waals surface area contributed by atoms with Gasteiger partial charge in [0.25, 0.3) is 0 Å². The van der Waals surface area contributed by atoms with Crippen molar-refractivity contribution in [3.8, 4) is 0 Å². The van der Waals surface area contributed by atoms with Gasteiger partial charge in [0.2, 0.25) is 0 Å². The van der Waals surface area contributed by atoms with E-state index in [-0.39, 0.29) is 37.0 Å². The Kier molecular flexibility index (Phi) is 4.54.